The van der Waals surface area contributed by atoms with Crippen LogP contribution in [0.2, 0.25) is 0 Å². The second kappa shape index (κ2) is 5.45. The van der Waals surface area contributed by atoms with Gasteiger partial charge in [-0.25, -0.2) is 4.98 Å². The highest BCUT2D eigenvalue weighted by molar-refractivity contribution is 7.09. The molecule has 0 saturated carbocycles. The van der Waals surface area contributed by atoms with E-state index in [0.29, 0.717) is 6.54 Å². The number of hydrogen-bond donors (Lipinski definition) is 2. The van der Waals surface area contributed by atoms with Crippen LogP contribution in [0.25, 0.3) is 0 Å². The number of benzene rings is 1. The summed E-state index contributed by atoms with van der Waals surface area (Å²) in [5, 5.41) is 8.99. The first-order valence-electron chi connectivity index (χ1n) is 5.24. The average Bonchev–Trinajstić information content (AvgIpc) is 2.79. The highest BCUT2D eigenvalue weighted by atomic mass is 32.1. The molecule has 0 bridgehead atoms. The lowest BCUT2D eigenvalue weighted by Gasteiger charge is -2.07. The molecule has 5 heteroatoms. The maximum absolute atomic E-state index is 10.9. The number of hydrogen-bond acceptors (Lipinski definition) is 4. The summed E-state index contributed by atoms with van der Waals surface area (Å²) in [5.41, 5.74) is 1.76. The van der Waals surface area contributed by atoms with Crippen LogP contribution in [0.3, 0.4) is 0 Å². The third kappa shape index (κ3) is 3.57. The van der Waals surface area contributed by atoms with E-state index in [1.54, 1.807) is 17.5 Å². The summed E-state index contributed by atoms with van der Waals surface area (Å²) in [6, 6.07) is 7.61. The summed E-state index contributed by atoms with van der Waals surface area (Å²) >= 11 is 1.61. The number of thiazole rings is 1. The lowest BCUT2D eigenvalue weighted by Crippen LogP contribution is -2.06. The minimum absolute atomic E-state index is 0.0675. The molecule has 88 valence electrons. The number of nitrogens with one attached hydrogen (secondary N) is 2. The quantitative estimate of drug-likeness (QED) is 0.873. The van der Waals surface area contributed by atoms with Crippen molar-refractivity contribution >= 4 is 28.6 Å². The molecule has 2 N–H and O–H groups in total. The molecule has 1 amide bonds. The molecular formula is C12H13N3OS. The maximum atomic E-state index is 10.9. The Hall–Kier alpha value is -1.88. The first kappa shape index (κ1) is 11.6. The maximum Gasteiger partial charge on any atom is 0.221 e. The molecule has 0 spiro atoms. The molecule has 0 aliphatic carbocycles. The summed E-state index contributed by atoms with van der Waals surface area (Å²) in [5.74, 6) is -0.0675. The van der Waals surface area contributed by atoms with Crippen molar-refractivity contribution in [2.45, 2.75) is 13.5 Å². The van der Waals surface area contributed by atoms with Gasteiger partial charge in [-0.3, -0.25) is 4.79 Å². The molecule has 0 aliphatic heterocycles. The van der Waals surface area contributed by atoms with Gasteiger partial charge in [-0.15, -0.1) is 11.3 Å². The molecule has 2 aromatic rings. The van der Waals surface area contributed by atoms with Crippen LogP contribution in [0.5, 0.6) is 0 Å². The van der Waals surface area contributed by atoms with Gasteiger partial charge in [-0.2, -0.15) is 0 Å². The molecular weight excluding hydrogens is 234 g/mol. The fraction of sp³-hybridized carbons (Fsp3) is 0.167. The summed E-state index contributed by atoms with van der Waals surface area (Å²) < 4.78 is 0. The normalized spacial score (nSPS) is 9.94. The van der Waals surface area contributed by atoms with Gasteiger partial charge in [-0.05, 0) is 18.2 Å². The van der Waals surface area contributed by atoms with Crippen molar-refractivity contribution in [1.29, 1.82) is 0 Å². The van der Waals surface area contributed by atoms with Gasteiger partial charge < -0.3 is 10.6 Å². The summed E-state index contributed by atoms with van der Waals surface area (Å²) in [6.07, 6.45) is 1.79. The lowest BCUT2D eigenvalue weighted by molar-refractivity contribution is -0.114. The van der Waals surface area contributed by atoms with Gasteiger partial charge in [0.2, 0.25) is 5.91 Å². The van der Waals surface area contributed by atoms with Crippen molar-refractivity contribution in [3.63, 3.8) is 0 Å². The third-order valence-corrected chi connectivity index (χ3v) is 2.89. The van der Waals surface area contributed by atoms with Crippen molar-refractivity contribution in [2.75, 3.05) is 10.6 Å². The van der Waals surface area contributed by atoms with Crippen LogP contribution in [0, 0.1) is 0 Å². The minimum atomic E-state index is -0.0675. The van der Waals surface area contributed by atoms with Gasteiger partial charge in [0.05, 0.1) is 6.54 Å². The fourth-order valence-electron chi connectivity index (χ4n) is 1.43. The van der Waals surface area contributed by atoms with Gasteiger partial charge in [0.1, 0.15) is 5.01 Å². The molecule has 0 radical (unpaired) electrons. The van der Waals surface area contributed by atoms with Gasteiger partial charge in [0, 0.05) is 29.9 Å². The van der Waals surface area contributed by atoms with E-state index in [-0.39, 0.29) is 5.91 Å². The van der Waals surface area contributed by atoms with Crippen LogP contribution in [-0.2, 0) is 11.3 Å². The summed E-state index contributed by atoms with van der Waals surface area (Å²) in [6.45, 7) is 2.19. The minimum Gasteiger partial charge on any atom is -0.378 e. The van der Waals surface area contributed by atoms with Crippen LogP contribution in [-0.4, -0.2) is 10.9 Å². The zero-order chi connectivity index (χ0) is 12.1. The SMILES string of the molecule is CC(=O)Nc1cccc(NCc2nccs2)c1. The summed E-state index contributed by atoms with van der Waals surface area (Å²) in [7, 11) is 0. The van der Waals surface area contributed by atoms with Gasteiger partial charge >= 0.3 is 0 Å². The van der Waals surface area contributed by atoms with Crippen molar-refractivity contribution in [3.8, 4) is 0 Å². The Kier molecular flexibility index (Phi) is 3.72. The number of carbonyl (C=O) groups is 1. The predicted octanol–water partition coefficient (Wildman–Crippen LogP) is 2.71. The first-order valence-corrected chi connectivity index (χ1v) is 6.12. The highest BCUT2D eigenvalue weighted by Gasteiger charge is 1.99. The third-order valence-electron chi connectivity index (χ3n) is 2.11. The van der Waals surface area contributed by atoms with E-state index >= 15 is 0 Å². The first-order chi connectivity index (χ1) is 8.24. The topological polar surface area (TPSA) is 54.0 Å². The molecule has 4 nitrogen and oxygen atoms in total. The second-order valence-electron chi connectivity index (χ2n) is 3.54. The van der Waals surface area contributed by atoms with Crippen LogP contribution in [0.1, 0.15) is 11.9 Å². The number of nitrogens with zero attached hydrogens (tertiary/aromatic N) is 1. The Bertz CT molecular complexity index is 496. The average molecular weight is 247 g/mol. The fourth-order valence-corrected chi connectivity index (χ4v) is 1.98. The molecule has 0 atom stereocenters. The number of anilines is 2. The highest BCUT2D eigenvalue weighted by Crippen LogP contribution is 2.16. The Labute approximate surface area is 104 Å². The molecule has 0 aliphatic rings. The number of aromatic nitrogens is 1. The molecule has 1 aromatic heterocycles. The Morgan fingerprint density at radius 3 is 2.94 bits per heavy atom. The summed E-state index contributed by atoms with van der Waals surface area (Å²) in [4.78, 5) is 15.1. The Morgan fingerprint density at radius 1 is 1.41 bits per heavy atom. The van der Waals surface area contributed by atoms with Crippen molar-refractivity contribution < 1.29 is 4.79 Å². The second-order valence-corrected chi connectivity index (χ2v) is 4.52. The largest absolute Gasteiger partial charge is 0.378 e. The van der Waals surface area contributed by atoms with Crippen molar-refractivity contribution in [1.82, 2.24) is 4.98 Å². The number of amides is 1. The number of carbonyl (C=O) groups excluding carboxylic acids is 1. The molecule has 1 heterocycles. The number of rotatable bonds is 4. The predicted molar refractivity (Wildman–Crippen MR) is 70.2 cm³/mol. The lowest BCUT2D eigenvalue weighted by atomic mass is 10.2. The van der Waals surface area contributed by atoms with Crippen molar-refractivity contribution in [3.05, 3.63) is 40.8 Å². The van der Waals surface area contributed by atoms with Gasteiger partial charge in [0.15, 0.2) is 0 Å². The smallest absolute Gasteiger partial charge is 0.221 e. The molecule has 17 heavy (non-hydrogen) atoms. The van der Waals surface area contributed by atoms with Crippen LogP contribution in [0.15, 0.2) is 35.8 Å². The van der Waals surface area contributed by atoms with Crippen molar-refractivity contribution in [2.24, 2.45) is 0 Å². The molecule has 0 saturated heterocycles. The van der Waals surface area contributed by atoms with Gasteiger partial charge in [0.25, 0.3) is 0 Å². The van der Waals surface area contributed by atoms with Crippen LogP contribution < -0.4 is 10.6 Å². The van der Waals surface area contributed by atoms with Crippen LogP contribution >= 0.6 is 11.3 Å². The van der Waals surface area contributed by atoms with E-state index in [4.69, 9.17) is 0 Å². The van der Waals surface area contributed by atoms with E-state index in [1.165, 1.54) is 6.92 Å². The Balaban J connectivity index is 1.98. The molecule has 2 rings (SSSR count). The zero-order valence-electron chi connectivity index (χ0n) is 9.43. The molecule has 1 aromatic carbocycles. The van der Waals surface area contributed by atoms with E-state index in [9.17, 15) is 4.79 Å². The monoisotopic (exact) mass is 247 g/mol. The Morgan fingerprint density at radius 2 is 2.24 bits per heavy atom. The van der Waals surface area contributed by atoms with E-state index in [0.717, 1.165) is 16.4 Å². The zero-order valence-corrected chi connectivity index (χ0v) is 10.3. The molecule has 0 unspecified atom stereocenters. The molecule has 0 fully saturated rings. The van der Waals surface area contributed by atoms with E-state index in [1.807, 2.05) is 29.6 Å². The van der Waals surface area contributed by atoms with Gasteiger partial charge in [-0.1, -0.05) is 6.07 Å². The standard InChI is InChI=1S/C12H13N3OS/c1-9(16)15-11-4-2-3-10(7-11)14-8-12-13-5-6-17-12/h2-7,14H,8H2,1H3,(H,15,16). The van der Waals surface area contributed by atoms with E-state index in [2.05, 4.69) is 15.6 Å². The van der Waals surface area contributed by atoms with Crippen LogP contribution in [0.4, 0.5) is 11.4 Å². The van der Waals surface area contributed by atoms with E-state index < -0.39 is 0 Å².